The lowest BCUT2D eigenvalue weighted by Gasteiger charge is -2.38. The standard InChI is InChI=1S/C30H42N4O6S/c1-20-13-15-24(16-14-20)41(38,39)33(4)18-27-21(2)17-34(22(3)19-35)29(36)25-11-8-12-26(28(25)40-27)32-30(37)31-23-9-6-5-7-10-23/h8,11-16,21-23,27,35H,5-7,9-10,17-19H2,1-4H3,(H2,31,32,37)/t21-,22-,27+/m1/s1. The van der Waals surface area contributed by atoms with Crippen molar-refractivity contribution in [3.63, 3.8) is 0 Å². The van der Waals surface area contributed by atoms with E-state index < -0.39 is 22.2 Å². The lowest BCUT2D eigenvalue weighted by atomic mass is 9.96. The maximum atomic E-state index is 13.7. The minimum atomic E-state index is -3.81. The maximum Gasteiger partial charge on any atom is 0.319 e. The predicted molar refractivity (Wildman–Crippen MR) is 158 cm³/mol. The molecule has 3 N–H and O–H groups in total. The Hall–Kier alpha value is -3.15. The number of para-hydroxylation sites is 1. The van der Waals surface area contributed by atoms with E-state index in [0.29, 0.717) is 5.69 Å². The molecule has 3 atom stereocenters. The molecule has 4 rings (SSSR count). The Morgan fingerprint density at radius 1 is 1.15 bits per heavy atom. The van der Waals surface area contributed by atoms with E-state index in [0.717, 1.165) is 31.2 Å². The third kappa shape index (κ3) is 7.20. The molecule has 41 heavy (non-hydrogen) atoms. The third-order valence-electron chi connectivity index (χ3n) is 8.05. The maximum absolute atomic E-state index is 13.7. The smallest absolute Gasteiger partial charge is 0.319 e. The zero-order valence-electron chi connectivity index (χ0n) is 24.3. The molecule has 11 heteroatoms. The Bertz CT molecular complexity index is 1330. The van der Waals surface area contributed by atoms with Crippen LogP contribution in [0.2, 0.25) is 0 Å². The molecule has 0 bridgehead atoms. The van der Waals surface area contributed by atoms with Gasteiger partial charge in [0, 0.05) is 25.6 Å². The summed E-state index contributed by atoms with van der Waals surface area (Å²) in [6.07, 6.45) is 4.49. The van der Waals surface area contributed by atoms with Gasteiger partial charge in [0.15, 0.2) is 5.75 Å². The molecule has 0 aromatic heterocycles. The Morgan fingerprint density at radius 2 is 1.83 bits per heavy atom. The molecule has 0 radical (unpaired) electrons. The summed E-state index contributed by atoms with van der Waals surface area (Å²) in [4.78, 5) is 28.4. The van der Waals surface area contributed by atoms with Gasteiger partial charge in [-0.1, -0.05) is 49.9 Å². The zero-order chi connectivity index (χ0) is 29.7. The second-order valence-corrected chi connectivity index (χ2v) is 13.4. The highest BCUT2D eigenvalue weighted by Crippen LogP contribution is 2.35. The number of ether oxygens (including phenoxy) is 1. The average molecular weight is 587 g/mol. The first-order valence-electron chi connectivity index (χ1n) is 14.3. The van der Waals surface area contributed by atoms with Crippen LogP contribution < -0.4 is 15.4 Å². The highest BCUT2D eigenvalue weighted by Gasteiger charge is 2.36. The van der Waals surface area contributed by atoms with E-state index in [1.165, 1.54) is 17.8 Å². The van der Waals surface area contributed by atoms with Gasteiger partial charge >= 0.3 is 6.03 Å². The first-order valence-corrected chi connectivity index (χ1v) is 15.8. The number of aryl methyl sites for hydroxylation is 1. The van der Waals surface area contributed by atoms with Crippen molar-refractivity contribution in [1.82, 2.24) is 14.5 Å². The van der Waals surface area contributed by atoms with E-state index in [4.69, 9.17) is 4.74 Å². The van der Waals surface area contributed by atoms with Gasteiger partial charge in [0.1, 0.15) is 6.10 Å². The van der Waals surface area contributed by atoms with Crippen molar-refractivity contribution < 1.29 is 27.9 Å². The predicted octanol–water partition coefficient (Wildman–Crippen LogP) is 3.99. The van der Waals surface area contributed by atoms with Crippen LogP contribution in [0.15, 0.2) is 47.4 Å². The number of nitrogens with one attached hydrogen (secondary N) is 2. The quantitative estimate of drug-likeness (QED) is 0.429. The van der Waals surface area contributed by atoms with Crippen LogP contribution >= 0.6 is 0 Å². The number of nitrogens with zero attached hydrogens (tertiary/aromatic N) is 2. The normalized spacial score (nSPS) is 20.9. The topological polar surface area (TPSA) is 128 Å². The summed E-state index contributed by atoms with van der Waals surface area (Å²) >= 11 is 0. The minimum absolute atomic E-state index is 0.00889. The highest BCUT2D eigenvalue weighted by molar-refractivity contribution is 7.89. The molecule has 1 fully saturated rings. The number of carbonyl (C=O) groups is 2. The summed E-state index contributed by atoms with van der Waals surface area (Å²) in [6, 6.07) is 10.9. The van der Waals surface area contributed by atoms with Crippen LogP contribution in [0, 0.1) is 12.8 Å². The van der Waals surface area contributed by atoms with Crippen LogP contribution in [-0.4, -0.2) is 79.6 Å². The van der Waals surface area contributed by atoms with Crippen LogP contribution in [0.3, 0.4) is 0 Å². The summed E-state index contributed by atoms with van der Waals surface area (Å²) in [6.45, 7) is 5.57. The molecule has 1 saturated carbocycles. The monoisotopic (exact) mass is 586 g/mol. The molecular formula is C30H42N4O6S. The number of sulfonamides is 1. The van der Waals surface area contributed by atoms with Gasteiger partial charge in [-0.2, -0.15) is 4.31 Å². The van der Waals surface area contributed by atoms with Gasteiger partial charge < -0.3 is 25.4 Å². The van der Waals surface area contributed by atoms with Crippen molar-refractivity contribution in [3.8, 4) is 5.75 Å². The fourth-order valence-electron chi connectivity index (χ4n) is 5.39. The van der Waals surface area contributed by atoms with Crippen molar-refractivity contribution in [1.29, 1.82) is 0 Å². The lowest BCUT2D eigenvalue weighted by molar-refractivity contribution is 0.0389. The molecule has 0 spiro atoms. The van der Waals surface area contributed by atoms with Crippen LogP contribution in [0.1, 0.15) is 61.9 Å². The highest BCUT2D eigenvalue weighted by atomic mass is 32.2. The molecule has 2 aromatic rings. The molecule has 2 aliphatic rings. The van der Waals surface area contributed by atoms with Crippen molar-refractivity contribution in [3.05, 3.63) is 53.6 Å². The van der Waals surface area contributed by atoms with Crippen LogP contribution in [-0.2, 0) is 10.0 Å². The Morgan fingerprint density at radius 3 is 2.49 bits per heavy atom. The number of fused-ring (bicyclic) bond motifs is 1. The Kier molecular flexibility index (Phi) is 9.93. The molecular weight excluding hydrogens is 544 g/mol. The molecule has 2 aromatic carbocycles. The average Bonchev–Trinajstić information content (AvgIpc) is 2.95. The number of rotatable bonds is 8. The zero-order valence-corrected chi connectivity index (χ0v) is 25.1. The number of carbonyl (C=O) groups excluding carboxylic acids is 2. The number of amides is 3. The van der Waals surface area contributed by atoms with Crippen LogP contribution in [0.5, 0.6) is 5.75 Å². The van der Waals surface area contributed by atoms with Gasteiger partial charge in [-0.25, -0.2) is 13.2 Å². The number of urea groups is 1. The second kappa shape index (κ2) is 13.2. The molecule has 10 nitrogen and oxygen atoms in total. The molecule has 1 aliphatic heterocycles. The number of aliphatic hydroxyl groups is 1. The molecule has 224 valence electrons. The van der Waals surface area contributed by atoms with E-state index in [1.54, 1.807) is 54.3 Å². The van der Waals surface area contributed by atoms with E-state index >= 15 is 0 Å². The molecule has 1 heterocycles. The SMILES string of the molecule is Cc1ccc(S(=O)(=O)N(C)C[C@@H]2Oc3c(NC(=O)NC4CCCCC4)cccc3C(=O)N([C@H](C)CO)C[C@H]2C)cc1. The molecule has 0 unspecified atom stereocenters. The number of benzene rings is 2. The lowest BCUT2D eigenvalue weighted by Crippen LogP contribution is -2.50. The van der Waals surface area contributed by atoms with Crippen molar-refractivity contribution in [2.24, 2.45) is 5.92 Å². The summed E-state index contributed by atoms with van der Waals surface area (Å²) < 4.78 is 34.5. The van der Waals surface area contributed by atoms with E-state index in [-0.39, 0.29) is 59.8 Å². The van der Waals surface area contributed by atoms with E-state index in [1.807, 2.05) is 13.8 Å². The first kappa shape index (κ1) is 30.8. The number of hydrogen-bond acceptors (Lipinski definition) is 6. The number of aliphatic hydroxyl groups excluding tert-OH is 1. The van der Waals surface area contributed by atoms with Crippen molar-refractivity contribution >= 4 is 27.6 Å². The first-order chi connectivity index (χ1) is 19.5. The number of anilines is 1. The Labute approximate surface area is 243 Å². The van der Waals surface area contributed by atoms with Crippen molar-refractivity contribution in [2.45, 2.75) is 76.0 Å². The number of likely N-dealkylation sites (N-methyl/N-ethyl adjacent to an activating group) is 1. The summed E-state index contributed by atoms with van der Waals surface area (Å²) in [5, 5.41) is 15.8. The minimum Gasteiger partial charge on any atom is -0.486 e. The summed E-state index contributed by atoms with van der Waals surface area (Å²) in [5.41, 5.74) is 1.51. The van der Waals surface area contributed by atoms with Gasteiger partial charge in [-0.3, -0.25) is 4.79 Å². The van der Waals surface area contributed by atoms with Gasteiger partial charge in [-0.05, 0) is 51.0 Å². The van der Waals surface area contributed by atoms with Crippen molar-refractivity contribution in [2.75, 3.05) is 32.1 Å². The van der Waals surface area contributed by atoms with Crippen LogP contribution in [0.4, 0.5) is 10.5 Å². The Balaban J connectivity index is 1.65. The summed E-state index contributed by atoms with van der Waals surface area (Å²) in [5.74, 6) is -0.450. The van der Waals surface area contributed by atoms with Gasteiger partial charge in [0.2, 0.25) is 10.0 Å². The third-order valence-corrected chi connectivity index (χ3v) is 9.88. The summed E-state index contributed by atoms with van der Waals surface area (Å²) in [7, 11) is -2.31. The fourth-order valence-corrected chi connectivity index (χ4v) is 6.58. The largest absolute Gasteiger partial charge is 0.486 e. The molecule has 3 amide bonds. The fraction of sp³-hybridized carbons (Fsp3) is 0.533. The molecule has 1 aliphatic carbocycles. The molecule has 0 saturated heterocycles. The number of hydrogen-bond donors (Lipinski definition) is 3. The van der Waals surface area contributed by atoms with Gasteiger partial charge in [0.25, 0.3) is 5.91 Å². The van der Waals surface area contributed by atoms with E-state index in [2.05, 4.69) is 10.6 Å². The van der Waals surface area contributed by atoms with E-state index in [9.17, 15) is 23.1 Å². The van der Waals surface area contributed by atoms with Gasteiger partial charge in [-0.15, -0.1) is 0 Å². The second-order valence-electron chi connectivity index (χ2n) is 11.3. The van der Waals surface area contributed by atoms with Gasteiger partial charge in [0.05, 0.1) is 35.3 Å². The van der Waals surface area contributed by atoms with Crippen LogP contribution in [0.25, 0.3) is 0 Å².